The van der Waals surface area contributed by atoms with Crippen molar-refractivity contribution in [3.05, 3.63) is 41.7 Å². The van der Waals surface area contributed by atoms with Gasteiger partial charge < -0.3 is 25.0 Å². The lowest BCUT2D eigenvalue weighted by Crippen LogP contribution is -2.25. The van der Waals surface area contributed by atoms with E-state index in [2.05, 4.69) is 10.3 Å². The van der Waals surface area contributed by atoms with Gasteiger partial charge in [0, 0.05) is 31.3 Å². The summed E-state index contributed by atoms with van der Waals surface area (Å²) in [5.41, 5.74) is 0.664. The number of aromatic hydroxyl groups is 2. The zero-order valence-corrected chi connectivity index (χ0v) is 17.3. The summed E-state index contributed by atoms with van der Waals surface area (Å²) >= 11 is 0. The SMILES string of the molecule is COc1ccnc(C(=O)NCCCCCCCC(=O)Oc2ccc(C)c(O)c2)c1O. The van der Waals surface area contributed by atoms with Crippen molar-refractivity contribution < 1.29 is 29.3 Å². The number of ether oxygens (including phenoxy) is 2. The van der Waals surface area contributed by atoms with Crippen LogP contribution in [0.1, 0.15) is 54.6 Å². The minimum atomic E-state index is -0.448. The molecule has 162 valence electrons. The Labute approximate surface area is 175 Å². The Balaban J connectivity index is 1.56. The standard InChI is InChI=1S/C22H28N2O6/c1-15-9-10-16(14-17(15)25)30-19(26)8-6-4-3-5-7-12-24-22(28)20-21(27)18(29-2)11-13-23-20/h9-11,13-14,25,27H,3-8,12H2,1-2H3,(H,24,28). The highest BCUT2D eigenvalue weighted by Crippen LogP contribution is 2.27. The molecule has 30 heavy (non-hydrogen) atoms. The van der Waals surface area contributed by atoms with Gasteiger partial charge in [0.25, 0.3) is 5.91 Å². The van der Waals surface area contributed by atoms with Gasteiger partial charge in [-0.1, -0.05) is 25.3 Å². The number of phenolic OH excluding ortho intramolecular Hbond substituents is 1. The average molecular weight is 416 g/mol. The van der Waals surface area contributed by atoms with Gasteiger partial charge in [-0.05, 0) is 31.4 Å². The van der Waals surface area contributed by atoms with Gasteiger partial charge in [-0.15, -0.1) is 0 Å². The monoisotopic (exact) mass is 416 g/mol. The highest BCUT2D eigenvalue weighted by atomic mass is 16.5. The average Bonchev–Trinajstić information content (AvgIpc) is 2.72. The molecular formula is C22H28N2O6. The number of methoxy groups -OCH3 is 1. The molecule has 0 unspecified atom stereocenters. The molecule has 0 atom stereocenters. The second kappa shape index (κ2) is 11.6. The summed E-state index contributed by atoms with van der Waals surface area (Å²) < 4.78 is 10.2. The zero-order chi connectivity index (χ0) is 21.9. The summed E-state index contributed by atoms with van der Waals surface area (Å²) in [5.74, 6) is -0.398. The van der Waals surface area contributed by atoms with Gasteiger partial charge in [-0.3, -0.25) is 9.59 Å². The van der Waals surface area contributed by atoms with E-state index in [0.717, 1.165) is 31.2 Å². The third kappa shape index (κ3) is 6.95. The molecule has 8 heteroatoms. The van der Waals surface area contributed by atoms with E-state index in [1.54, 1.807) is 19.1 Å². The van der Waals surface area contributed by atoms with Gasteiger partial charge in [0.2, 0.25) is 0 Å². The van der Waals surface area contributed by atoms with Gasteiger partial charge in [0.05, 0.1) is 7.11 Å². The second-order valence-corrected chi connectivity index (χ2v) is 6.91. The molecule has 0 aliphatic carbocycles. The van der Waals surface area contributed by atoms with Crippen LogP contribution in [0.15, 0.2) is 30.5 Å². The number of aromatic nitrogens is 1. The number of carbonyl (C=O) groups is 2. The molecule has 0 saturated heterocycles. The molecular weight excluding hydrogens is 388 g/mol. The van der Waals surface area contributed by atoms with Crippen LogP contribution < -0.4 is 14.8 Å². The van der Waals surface area contributed by atoms with Crippen LogP contribution in [-0.4, -0.2) is 40.7 Å². The van der Waals surface area contributed by atoms with Crippen LogP contribution in [0.5, 0.6) is 23.0 Å². The highest BCUT2D eigenvalue weighted by Gasteiger charge is 2.16. The van der Waals surface area contributed by atoms with Crippen LogP contribution in [0.4, 0.5) is 0 Å². The number of esters is 1. The minimum Gasteiger partial charge on any atom is -0.508 e. The summed E-state index contributed by atoms with van der Waals surface area (Å²) in [6.07, 6.45) is 5.91. The molecule has 3 N–H and O–H groups in total. The number of amides is 1. The Morgan fingerprint density at radius 3 is 2.53 bits per heavy atom. The van der Waals surface area contributed by atoms with E-state index < -0.39 is 5.91 Å². The zero-order valence-electron chi connectivity index (χ0n) is 17.3. The lowest BCUT2D eigenvalue weighted by molar-refractivity contribution is -0.134. The number of pyridine rings is 1. The lowest BCUT2D eigenvalue weighted by Gasteiger charge is -2.08. The van der Waals surface area contributed by atoms with Crippen LogP contribution in [0.3, 0.4) is 0 Å². The molecule has 0 bridgehead atoms. The van der Waals surface area contributed by atoms with Gasteiger partial charge >= 0.3 is 5.97 Å². The first-order chi connectivity index (χ1) is 14.4. The number of hydrogen-bond acceptors (Lipinski definition) is 7. The summed E-state index contributed by atoms with van der Waals surface area (Å²) in [6, 6.07) is 6.26. The van der Waals surface area contributed by atoms with Crippen molar-refractivity contribution >= 4 is 11.9 Å². The summed E-state index contributed by atoms with van der Waals surface area (Å²) in [5, 5.41) is 22.3. The molecule has 0 saturated carbocycles. The van der Waals surface area contributed by atoms with Crippen LogP contribution in [0.2, 0.25) is 0 Å². The fourth-order valence-electron chi connectivity index (χ4n) is 2.81. The number of rotatable bonds is 11. The molecule has 1 aromatic heterocycles. The Morgan fingerprint density at radius 2 is 1.80 bits per heavy atom. The van der Waals surface area contributed by atoms with E-state index in [1.807, 2.05) is 0 Å². The molecule has 2 rings (SSSR count). The maximum Gasteiger partial charge on any atom is 0.311 e. The van der Waals surface area contributed by atoms with Crippen LogP contribution in [0.25, 0.3) is 0 Å². The Kier molecular flexibility index (Phi) is 8.93. The van der Waals surface area contributed by atoms with Crippen molar-refractivity contribution in [2.75, 3.05) is 13.7 Å². The number of hydrogen-bond donors (Lipinski definition) is 3. The number of nitrogens with zero attached hydrogens (tertiary/aromatic N) is 1. The first kappa shape index (κ1) is 23.0. The summed E-state index contributed by atoms with van der Waals surface area (Å²) in [4.78, 5) is 27.8. The maximum atomic E-state index is 12.1. The van der Waals surface area contributed by atoms with E-state index >= 15 is 0 Å². The predicted molar refractivity (Wildman–Crippen MR) is 111 cm³/mol. The quantitative estimate of drug-likeness (QED) is 0.291. The Bertz CT molecular complexity index is 869. The lowest BCUT2D eigenvalue weighted by atomic mass is 10.1. The number of aryl methyl sites for hydroxylation is 1. The summed E-state index contributed by atoms with van der Waals surface area (Å²) in [7, 11) is 1.41. The number of benzene rings is 1. The molecule has 0 fully saturated rings. The van der Waals surface area contributed by atoms with Crippen LogP contribution in [0, 0.1) is 6.92 Å². The van der Waals surface area contributed by atoms with Crippen molar-refractivity contribution in [2.45, 2.75) is 45.4 Å². The molecule has 1 aromatic carbocycles. The van der Waals surface area contributed by atoms with Gasteiger partial charge in [-0.2, -0.15) is 0 Å². The van der Waals surface area contributed by atoms with Crippen LogP contribution in [-0.2, 0) is 4.79 Å². The van der Waals surface area contributed by atoms with E-state index in [0.29, 0.717) is 25.1 Å². The molecule has 0 aliphatic rings. The van der Waals surface area contributed by atoms with E-state index in [4.69, 9.17) is 9.47 Å². The molecule has 0 aliphatic heterocycles. The normalized spacial score (nSPS) is 10.5. The van der Waals surface area contributed by atoms with E-state index in [1.165, 1.54) is 25.4 Å². The smallest absolute Gasteiger partial charge is 0.311 e. The minimum absolute atomic E-state index is 0.0604. The van der Waals surface area contributed by atoms with Crippen molar-refractivity contribution in [2.24, 2.45) is 0 Å². The highest BCUT2D eigenvalue weighted by molar-refractivity contribution is 5.95. The number of carbonyl (C=O) groups excluding carboxylic acids is 2. The van der Waals surface area contributed by atoms with Crippen molar-refractivity contribution in [3.63, 3.8) is 0 Å². The van der Waals surface area contributed by atoms with Crippen molar-refractivity contribution in [3.8, 4) is 23.0 Å². The first-order valence-electron chi connectivity index (χ1n) is 9.93. The largest absolute Gasteiger partial charge is 0.508 e. The molecule has 1 amide bonds. The molecule has 2 aromatic rings. The number of unbranched alkanes of at least 4 members (excludes halogenated alkanes) is 4. The van der Waals surface area contributed by atoms with Crippen molar-refractivity contribution in [1.29, 1.82) is 0 Å². The van der Waals surface area contributed by atoms with Gasteiger partial charge in [0.15, 0.2) is 17.2 Å². The predicted octanol–water partition coefficient (Wildman–Crippen LogP) is 3.49. The third-order valence-corrected chi connectivity index (χ3v) is 4.58. The maximum absolute atomic E-state index is 12.1. The van der Waals surface area contributed by atoms with Gasteiger partial charge in [0.1, 0.15) is 11.5 Å². The topological polar surface area (TPSA) is 118 Å². The van der Waals surface area contributed by atoms with Crippen LogP contribution >= 0.6 is 0 Å². The molecule has 0 spiro atoms. The first-order valence-corrected chi connectivity index (χ1v) is 9.93. The number of nitrogens with one attached hydrogen (secondary N) is 1. The third-order valence-electron chi connectivity index (χ3n) is 4.58. The fraction of sp³-hybridized carbons (Fsp3) is 0.409. The van der Waals surface area contributed by atoms with E-state index in [9.17, 15) is 19.8 Å². The molecule has 8 nitrogen and oxygen atoms in total. The second-order valence-electron chi connectivity index (χ2n) is 6.91. The Hall–Kier alpha value is -3.29. The summed E-state index contributed by atoms with van der Waals surface area (Å²) in [6.45, 7) is 2.24. The molecule has 1 heterocycles. The Morgan fingerprint density at radius 1 is 1.07 bits per heavy atom. The van der Waals surface area contributed by atoms with E-state index in [-0.39, 0.29) is 28.9 Å². The number of phenols is 1. The van der Waals surface area contributed by atoms with Gasteiger partial charge in [-0.25, -0.2) is 4.98 Å². The van der Waals surface area contributed by atoms with Crippen molar-refractivity contribution in [1.82, 2.24) is 10.3 Å². The molecule has 0 radical (unpaired) electrons. The fourth-order valence-corrected chi connectivity index (χ4v) is 2.81.